The van der Waals surface area contributed by atoms with Crippen LogP contribution in [-0.4, -0.2) is 20.4 Å². The van der Waals surface area contributed by atoms with E-state index in [2.05, 4.69) is 4.72 Å². The maximum Gasteiger partial charge on any atom is 0.340 e. The lowest BCUT2D eigenvalue weighted by molar-refractivity contribution is -0.136. The second kappa shape index (κ2) is 12.1. The highest BCUT2D eigenvalue weighted by Crippen LogP contribution is 2.32. The first-order valence-corrected chi connectivity index (χ1v) is 15.0. The predicted octanol–water partition coefficient (Wildman–Crippen LogP) is 5.80. The maximum absolute atomic E-state index is 13.7. The zero-order valence-electron chi connectivity index (χ0n) is 23.6. The molecule has 0 aliphatic carbocycles. The first kappa shape index (κ1) is 29.0. The highest BCUT2D eigenvalue weighted by molar-refractivity contribution is 7.89. The second-order valence-electron chi connectivity index (χ2n) is 10.4. The summed E-state index contributed by atoms with van der Waals surface area (Å²) in [6.45, 7) is 5.46. The van der Waals surface area contributed by atoms with Crippen molar-refractivity contribution in [2.24, 2.45) is 0 Å². The summed E-state index contributed by atoms with van der Waals surface area (Å²) in [7, 11) is -4.05. The van der Waals surface area contributed by atoms with E-state index in [1.54, 1.807) is 38.1 Å². The minimum Gasteiger partial charge on any atom is -0.425 e. The van der Waals surface area contributed by atoms with E-state index < -0.39 is 27.7 Å². The molecule has 4 aromatic carbocycles. The molecule has 0 fully saturated rings. The largest absolute Gasteiger partial charge is 0.425 e. The van der Waals surface area contributed by atoms with Crippen molar-refractivity contribution in [1.82, 2.24) is 4.72 Å². The van der Waals surface area contributed by atoms with Crippen molar-refractivity contribution >= 4 is 27.0 Å². The number of hydrogen-bond acceptors (Lipinski definition) is 6. The Morgan fingerprint density at radius 2 is 1.45 bits per heavy atom. The van der Waals surface area contributed by atoms with Crippen LogP contribution in [0.15, 0.2) is 111 Å². The summed E-state index contributed by atoms with van der Waals surface area (Å²) < 4.78 is 40.8. The SMILES string of the molecule is Cc1ccc(S(=O)(=O)N[C@@H](Cc2ccccc2)C(=O)Oc2cc(C)cc3oc(=O)c(Cc4ccccc4)c(C)c23)cc1. The summed E-state index contributed by atoms with van der Waals surface area (Å²) in [6, 6.07) is 27.2. The molecule has 5 rings (SSSR count). The number of ether oxygens (including phenoxy) is 1. The van der Waals surface area contributed by atoms with Gasteiger partial charge in [0, 0.05) is 12.0 Å². The van der Waals surface area contributed by atoms with Crippen molar-refractivity contribution in [1.29, 1.82) is 0 Å². The van der Waals surface area contributed by atoms with Gasteiger partial charge in [-0.3, -0.25) is 0 Å². The minimum atomic E-state index is -4.05. The topological polar surface area (TPSA) is 103 Å². The van der Waals surface area contributed by atoms with Crippen LogP contribution in [0.4, 0.5) is 0 Å². The summed E-state index contributed by atoms with van der Waals surface area (Å²) in [5, 5.41) is 0.485. The molecule has 1 N–H and O–H groups in total. The Balaban J connectivity index is 1.53. The van der Waals surface area contributed by atoms with E-state index in [9.17, 15) is 18.0 Å². The first-order chi connectivity index (χ1) is 20.1. The van der Waals surface area contributed by atoms with E-state index in [4.69, 9.17) is 9.15 Å². The molecular weight excluding hydrogens is 550 g/mol. The lowest BCUT2D eigenvalue weighted by atomic mass is 9.98. The summed E-state index contributed by atoms with van der Waals surface area (Å²) in [5.41, 5.74) is 4.23. The minimum absolute atomic E-state index is 0.0446. The Hall–Kier alpha value is -4.53. The van der Waals surface area contributed by atoms with Crippen molar-refractivity contribution in [3.8, 4) is 5.75 Å². The van der Waals surface area contributed by atoms with Crippen LogP contribution in [0.5, 0.6) is 5.75 Å². The van der Waals surface area contributed by atoms with E-state index in [0.29, 0.717) is 28.5 Å². The third kappa shape index (κ3) is 6.51. The number of sulfonamides is 1. The fraction of sp³-hybridized carbons (Fsp3) is 0.176. The van der Waals surface area contributed by atoms with Crippen LogP contribution in [0.3, 0.4) is 0 Å². The van der Waals surface area contributed by atoms with Crippen molar-refractivity contribution in [2.75, 3.05) is 0 Å². The van der Waals surface area contributed by atoms with Gasteiger partial charge in [0.25, 0.3) is 0 Å². The molecule has 0 bridgehead atoms. The number of aryl methyl sites for hydroxylation is 3. The molecule has 1 aromatic heterocycles. The smallest absolute Gasteiger partial charge is 0.340 e. The number of carbonyl (C=O) groups excluding carboxylic acids is 1. The molecule has 0 spiro atoms. The molecule has 214 valence electrons. The van der Waals surface area contributed by atoms with Gasteiger partial charge in [-0.15, -0.1) is 0 Å². The molecule has 8 heteroatoms. The number of rotatable bonds is 9. The van der Waals surface area contributed by atoms with E-state index in [1.165, 1.54) is 12.1 Å². The van der Waals surface area contributed by atoms with Crippen LogP contribution in [0.2, 0.25) is 0 Å². The number of esters is 1. The van der Waals surface area contributed by atoms with Crippen LogP contribution in [0.25, 0.3) is 11.0 Å². The summed E-state index contributed by atoms with van der Waals surface area (Å²) >= 11 is 0. The van der Waals surface area contributed by atoms with Crippen LogP contribution in [0, 0.1) is 20.8 Å². The monoisotopic (exact) mass is 581 g/mol. The zero-order chi connectivity index (χ0) is 29.9. The molecule has 5 aromatic rings. The molecule has 1 heterocycles. The highest BCUT2D eigenvalue weighted by atomic mass is 32.2. The van der Waals surface area contributed by atoms with E-state index in [1.807, 2.05) is 67.6 Å². The lowest BCUT2D eigenvalue weighted by Crippen LogP contribution is -2.44. The van der Waals surface area contributed by atoms with Crippen molar-refractivity contribution in [3.05, 3.63) is 141 Å². The first-order valence-electron chi connectivity index (χ1n) is 13.6. The lowest BCUT2D eigenvalue weighted by Gasteiger charge is -2.19. The van der Waals surface area contributed by atoms with Gasteiger partial charge in [-0.25, -0.2) is 18.0 Å². The predicted molar refractivity (Wildman–Crippen MR) is 162 cm³/mol. The summed E-state index contributed by atoms with van der Waals surface area (Å²) in [4.78, 5) is 26.8. The molecule has 0 amide bonds. The molecule has 0 unspecified atom stereocenters. The van der Waals surface area contributed by atoms with E-state index >= 15 is 0 Å². The second-order valence-corrected chi connectivity index (χ2v) is 12.1. The van der Waals surface area contributed by atoms with Gasteiger partial charge in [0.1, 0.15) is 17.4 Å². The molecule has 0 aliphatic heterocycles. The fourth-order valence-electron chi connectivity index (χ4n) is 4.90. The van der Waals surface area contributed by atoms with Gasteiger partial charge in [0.05, 0.1) is 10.3 Å². The Labute approximate surface area is 244 Å². The quantitative estimate of drug-likeness (QED) is 0.134. The van der Waals surface area contributed by atoms with Crippen molar-refractivity contribution in [2.45, 2.75) is 44.6 Å². The van der Waals surface area contributed by atoms with Crippen LogP contribution in [0.1, 0.15) is 33.4 Å². The number of fused-ring (bicyclic) bond motifs is 1. The Morgan fingerprint density at radius 3 is 2.10 bits per heavy atom. The standard InChI is InChI=1S/C34H31NO6S/c1-22-14-16-27(17-15-22)42(38,39)35-29(21-26-12-8-5-9-13-26)34(37)41-31-19-23(2)18-30-32(31)24(3)28(33(36)40-30)20-25-10-6-4-7-11-25/h4-19,29,35H,20-21H2,1-3H3/t29-/m0/s1. The number of nitrogens with one attached hydrogen (secondary N) is 1. The molecule has 0 aliphatic rings. The van der Waals surface area contributed by atoms with Crippen molar-refractivity contribution in [3.63, 3.8) is 0 Å². The average Bonchev–Trinajstić information content (AvgIpc) is 2.96. The zero-order valence-corrected chi connectivity index (χ0v) is 24.4. The van der Waals surface area contributed by atoms with E-state index in [-0.39, 0.29) is 22.6 Å². The number of carbonyl (C=O) groups is 1. The Morgan fingerprint density at radius 1 is 0.833 bits per heavy atom. The van der Waals surface area contributed by atoms with Gasteiger partial charge in [-0.05, 0) is 73.7 Å². The molecular formula is C34H31NO6S. The highest BCUT2D eigenvalue weighted by Gasteiger charge is 2.29. The molecule has 7 nitrogen and oxygen atoms in total. The van der Waals surface area contributed by atoms with Gasteiger partial charge in [-0.1, -0.05) is 78.4 Å². The maximum atomic E-state index is 13.7. The molecule has 0 saturated carbocycles. The molecule has 42 heavy (non-hydrogen) atoms. The van der Waals surface area contributed by atoms with Crippen LogP contribution < -0.4 is 15.1 Å². The van der Waals surface area contributed by atoms with Crippen molar-refractivity contribution < 1.29 is 22.4 Å². The normalized spacial score (nSPS) is 12.3. The van der Waals surface area contributed by atoms with Gasteiger partial charge in [0.15, 0.2) is 0 Å². The average molecular weight is 582 g/mol. The fourth-order valence-corrected chi connectivity index (χ4v) is 6.08. The summed E-state index contributed by atoms with van der Waals surface area (Å²) in [6.07, 6.45) is 0.418. The van der Waals surface area contributed by atoms with Gasteiger partial charge >= 0.3 is 11.6 Å². The molecule has 0 radical (unpaired) electrons. The Kier molecular flexibility index (Phi) is 8.38. The molecule has 0 saturated heterocycles. The van der Waals surface area contributed by atoms with Gasteiger partial charge in [-0.2, -0.15) is 4.72 Å². The Bertz CT molecular complexity index is 1900. The third-order valence-electron chi connectivity index (χ3n) is 7.12. The third-order valence-corrected chi connectivity index (χ3v) is 8.60. The number of benzene rings is 4. The van der Waals surface area contributed by atoms with Gasteiger partial charge < -0.3 is 9.15 Å². The van der Waals surface area contributed by atoms with E-state index in [0.717, 1.165) is 16.7 Å². The van der Waals surface area contributed by atoms with Gasteiger partial charge in [0.2, 0.25) is 10.0 Å². The summed E-state index contributed by atoms with van der Waals surface area (Å²) in [5.74, 6) is -0.588. The number of hydrogen-bond donors (Lipinski definition) is 1. The van der Waals surface area contributed by atoms with Crippen LogP contribution >= 0.6 is 0 Å². The van der Waals surface area contributed by atoms with Crippen LogP contribution in [-0.2, 0) is 27.7 Å². The molecule has 1 atom stereocenters.